The lowest BCUT2D eigenvalue weighted by Crippen LogP contribution is -2.26. The van der Waals surface area contributed by atoms with Crippen LogP contribution in [-0.2, 0) is 11.2 Å². The highest BCUT2D eigenvalue weighted by Gasteiger charge is 2.31. The van der Waals surface area contributed by atoms with E-state index < -0.39 is 6.36 Å². The third-order valence-electron chi connectivity index (χ3n) is 2.75. The molecular weight excluding hydrogens is 285 g/mol. The lowest BCUT2D eigenvalue weighted by molar-refractivity contribution is -0.274. The van der Waals surface area contributed by atoms with Crippen LogP contribution in [0.5, 0.6) is 5.75 Å². The molecule has 0 saturated carbocycles. The van der Waals surface area contributed by atoms with Gasteiger partial charge < -0.3 is 15.4 Å². The average molecular weight is 304 g/mol. The van der Waals surface area contributed by atoms with Crippen molar-refractivity contribution < 1.29 is 22.7 Å². The van der Waals surface area contributed by atoms with Gasteiger partial charge in [-0.25, -0.2) is 0 Å². The Labute approximate surface area is 121 Å². The Morgan fingerprint density at radius 2 is 1.95 bits per heavy atom. The van der Waals surface area contributed by atoms with E-state index in [1.165, 1.54) is 18.2 Å². The quantitative estimate of drug-likeness (QED) is 0.724. The second-order valence-electron chi connectivity index (χ2n) is 4.46. The molecule has 1 aromatic rings. The first-order chi connectivity index (χ1) is 9.92. The van der Waals surface area contributed by atoms with Crippen LogP contribution < -0.4 is 15.4 Å². The number of carbonyl (C=O) groups is 1. The van der Waals surface area contributed by atoms with Crippen LogP contribution in [0.25, 0.3) is 0 Å². The molecule has 1 rings (SSSR count). The number of rotatable bonds is 8. The van der Waals surface area contributed by atoms with E-state index in [9.17, 15) is 18.0 Å². The van der Waals surface area contributed by atoms with E-state index >= 15 is 0 Å². The average Bonchev–Trinajstić information content (AvgIpc) is 2.41. The number of carbonyl (C=O) groups excluding carboxylic acids is 1. The monoisotopic (exact) mass is 304 g/mol. The van der Waals surface area contributed by atoms with Crippen LogP contribution in [0.3, 0.4) is 0 Å². The van der Waals surface area contributed by atoms with Gasteiger partial charge in [-0.2, -0.15) is 0 Å². The largest absolute Gasteiger partial charge is 0.573 e. The lowest BCUT2D eigenvalue weighted by atomic mass is 10.1. The molecule has 0 aliphatic rings. The van der Waals surface area contributed by atoms with Crippen molar-refractivity contribution in [1.29, 1.82) is 0 Å². The molecule has 4 nitrogen and oxygen atoms in total. The van der Waals surface area contributed by atoms with Crippen molar-refractivity contribution in [3.8, 4) is 5.75 Å². The number of aryl methyl sites for hydroxylation is 1. The molecule has 0 aromatic heterocycles. The molecular formula is C14H19F3N2O2. The third kappa shape index (κ3) is 7.55. The van der Waals surface area contributed by atoms with Gasteiger partial charge in [0.15, 0.2) is 0 Å². The van der Waals surface area contributed by atoms with Crippen LogP contribution in [0.2, 0.25) is 0 Å². The van der Waals surface area contributed by atoms with Gasteiger partial charge in [-0.3, -0.25) is 4.79 Å². The predicted octanol–water partition coefficient (Wildman–Crippen LogP) is 2.24. The van der Waals surface area contributed by atoms with Gasteiger partial charge in [0, 0.05) is 13.0 Å². The Morgan fingerprint density at radius 3 is 2.62 bits per heavy atom. The minimum absolute atomic E-state index is 0.123. The molecule has 0 saturated heterocycles. The summed E-state index contributed by atoms with van der Waals surface area (Å²) in [5.41, 5.74) is 0.361. The van der Waals surface area contributed by atoms with Crippen molar-refractivity contribution in [3.63, 3.8) is 0 Å². The highest BCUT2D eigenvalue weighted by Crippen LogP contribution is 2.26. The van der Waals surface area contributed by atoms with Gasteiger partial charge in [-0.15, -0.1) is 13.2 Å². The number of ether oxygens (including phenoxy) is 1. The van der Waals surface area contributed by atoms with Crippen LogP contribution in [0.4, 0.5) is 13.2 Å². The second kappa shape index (κ2) is 8.51. The van der Waals surface area contributed by atoms with E-state index in [-0.39, 0.29) is 24.5 Å². The number of hydrogen-bond acceptors (Lipinski definition) is 3. The summed E-state index contributed by atoms with van der Waals surface area (Å²) in [6.45, 7) is 1.34. The summed E-state index contributed by atoms with van der Waals surface area (Å²) >= 11 is 0. The fraction of sp³-hybridized carbons (Fsp3) is 0.500. The Bertz CT molecular complexity index is 450. The number of hydrogen-bond donors (Lipinski definition) is 2. The molecule has 21 heavy (non-hydrogen) atoms. The number of benzene rings is 1. The summed E-state index contributed by atoms with van der Waals surface area (Å²) in [5.74, 6) is -0.444. The van der Waals surface area contributed by atoms with Gasteiger partial charge >= 0.3 is 6.36 Å². The maximum Gasteiger partial charge on any atom is 0.573 e. The van der Waals surface area contributed by atoms with E-state index in [0.29, 0.717) is 12.1 Å². The van der Waals surface area contributed by atoms with E-state index in [0.717, 1.165) is 13.0 Å². The normalized spacial score (nSPS) is 11.2. The van der Waals surface area contributed by atoms with Gasteiger partial charge in [0.2, 0.25) is 5.91 Å². The van der Waals surface area contributed by atoms with Crippen molar-refractivity contribution in [1.82, 2.24) is 10.6 Å². The molecule has 0 heterocycles. The minimum Gasteiger partial charge on any atom is -0.406 e. The molecule has 1 amide bonds. The van der Waals surface area contributed by atoms with Crippen molar-refractivity contribution in [2.24, 2.45) is 0 Å². The fourth-order valence-electron chi connectivity index (χ4n) is 1.76. The summed E-state index contributed by atoms with van der Waals surface area (Å²) in [5, 5.41) is 5.67. The molecule has 0 unspecified atom stereocenters. The predicted molar refractivity (Wildman–Crippen MR) is 73.0 cm³/mol. The van der Waals surface area contributed by atoms with Gasteiger partial charge in [0.05, 0.1) is 0 Å². The summed E-state index contributed by atoms with van der Waals surface area (Å²) < 4.78 is 40.7. The van der Waals surface area contributed by atoms with E-state index in [2.05, 4.69) is 15.4 Å². The van der Waals surface area contributed by atoms with Gasteiger partial charge in [-0.05, 0) is 38.1 Å². The molecule has 118 valence electrons. The van der Waals surface area contributed by atoms with Gasteiger partial charge in [0.1, 0.15) is 5.75 Å². The Morgan fingerprint density at radius 1 is 1.24 bits per heavy atom. The molecule has 0 fully saturated rings. The molecule has 0 bridgehead atoms. The standard InChI is InChI=1S/C14H19F3N2O2/c1-18-9-4-10-19-13(20)8-7-11-5-2-3-6-12(11)21-14(15,16)17/h2-3,5-6,18H,4,7-10H2,1H3,(H,19,20). The van der Waals surface area contributed by atoms with Gasteiger partial charge in [-0.1, -0.05) is 18.2 Å². The summed E-state index contributed by atoms with van der Waals surface area (Å²) in [4.78, 5) is 11.6. The topological polar surface area (TPSA) is 50.4 Å². The highest BCUT2D eigenvalue weighted by molar-refractivity contribution is 5.76. The Balaban J connectivity index is 2.46. The van der Waals surface area contributed by atoms with Crippen molar-refractivity contribution in [3.05, 3.63) is 29.8 Å². The first kappa shape index (κ1) is 17.3. The van der Waals surface area contributed by atoms with Crippen molar-refractivity contribution in [2.75, 3.05) is 20.1 Å². The van der Waals surface area contributed by atoms with Crippen molar-refractivity contribution in [2.45, 2.75) is 25.6 Å². The lowest BCUT2D eigenvalue weighted by Gasteiger charge is -2.13. The maximum absolute atomic E-state index is 12.3. The zero-order valence-electron chi connectivity index (χ0n) is 11.8. The van der Waals surface area contributed by atoms with Crippen LogP contribution in [-0.4, -0.2) is 32.4 Å². The van der Waals surface area contributed by atoms with Crippen LogP contribution in [0.1, 0.15) is 18.4 Å². The SMILES string of the molecule is CNCCCNC(=O)CCc1ccccc1OC(F)(F)F. The number of halogens is 3. The van der Waals surface area contributed by atoms with E-state index in [1.807, 2.05) is 7.05 Å². The number of amides is 1. The van der Waals surface area contributed by atoms with Crippen LogP contribution >= 0.6 is 0 Å². The third-order valence-corrected chi connectivity index (χ3v) is 2.75. The minimum atomic E-state index is -4.73. The first-order valence-electron chi connectivity index (χ1n) is 6.67. The molecule has 0 spiro atoms. The van der Waals surface area contributed by atoms with Gasteiger partial charge in [0.25, 0.3) is 0 Å². The summed E-state index contributed by atoms with van der Waals surface area (Å²) in [6.07, 6.45) is -3.61. The molecule has 7 heteroatoms. The smallest absolute Gasteiger partial charge is 0.406 e. The number of alkyl halides is 3. The summed E-state index contributed by atoms with van der Waals surface area (Å²) in [6, 6.07) is 5.84. The molecule has 2 N–H and O–H groups in total. The fourth-order valence-corrected chi connectivity index (χ4v) is 1.76. The maximum atomic E-state index is 12.3. The summed E-state index contributed by atoms with van der Waals surface area (Å²) in [7, 11) is 1.82. The van der Waals surface area contributed by atoms with E-state index in [4.69, 9.17) is 0 Å². The number of para-hydroxylation sites is 1. The zero-order chi connectivity index (χ0) is 15.7. The Kier molecular flexibility index (Phi) is 7.01. The second-order valence-corrected chi connectivity index (χ2v) is 4.46. The molecule has 0 aliphatic heterocycles. The van der Waals surface area contributed by atoms with Crippen LogP contribution in [0, 0.1) is 0 Å². The zero-order valence-corrected chi connectivity index (χ0v) is 11.8. The molecule has 0 atom stereocenters. The van der Waals surface area contributed by atoms with E-state index in [1.54, 1.807) is 6.07 Å². The highest BCUT2D eigenvalue weighted by atomic mass is 19.4. The first-order valence-corrected chi connectivity index (χ1v) is 6.67. The molecule has 0 radical (unpaired) electrons. The Hall–Kier alpha value is -1.76. The van der Waals surface area contributed by atoms with Crippen LogP contribution in [0.15, 0.2) is 24.3 Å². The molecule has 1 aromatic carbocycles. The van der Waals surface area contributed by atoms with Crippen molar-refractivity contribution >= 4 is 5.91 Å². The molecule has 0 aliphatic carbocycles. The number of nitrogens with one attached hydrogen (secondary N) is 2.